The molecule has 3 nitrogen and oxygen atoms in total. The van der Waals surface area contributed by atoms with Crippen LogP contribution < -0.4 is 5.32 Å². The third kappa shape index (κ3) is 4.58. The first-order valence-corrected chi connectivity index (χ1v) is 8.25. The van der Waals surface area contributed by atoms with Crippen LogP contribution in [0, 0.1) is 13.8 Å². The molecule has 0 radical (unpaired) electrons. The molecular weight excluding hydrogens is 286 g/mol. The van der Waals surface area contributed by atoms with Crippen LogP contribution in [-0.4, -0.2) is 14.9 Å². The van der Waals surface area contributed by atoms with Gasteiger partial charge in [0.15, 0.2) is 4.34 Å². The summed E-state index contributed by atoms with van der Waals surface area (Å²) in [5.41, 5.74) is 2.72. The van der Waals surface area contributed by atoms with Crippen LogP contribution in [0.25, 0.3) is 0 Å². The fraction of sp³-hybridized carbons (Fsp3) is 0.467. The Balaban J connectivity index is 2.19. The summed E-state index contributed by atoms with van der Waals surface area (Å²) in [6.45, 7) is 11.5. The first-order valence-electron chi connectivity index (χ1n) is 6.66. The number of hydrogen-bond donors (Lipinski definition) is 1. The number of aryl methyl sites for hydroxylation is 2. The van der Waals surface area contributed by atoms with Gasteiger partial charge in [-0.2, -0.15) is 4.37 Å². The lowest BCUT2D eigenvalue weighted by molar-refractivity contribution is 0.422. The summed E-state index contributed by atoms with van der Waals surface area (Å²) in [7, 11) is 0. The van der Waals surface area contributed by atoms with Crippen molar-refractivity contribution in [3.05, 3.63) is 35.2 Å². The largest absolute Gasteiger partial charge is 0.308 e. The van der Waals surface area contributed by atoms with Crippen molar-refractivity contribution < 1.29 is 0 Å². The van der Waals surface area contributed by atoms with E-state index in [-0.39, 0.29) is 5.54 Å². The fourth-order valence-corrected chi connectivity index (χ4v) is 3.44. The minimum absolute atomic E-state index is 0.116. The lowest BCUT2D eigenvalue weighted by Gasteiger charge is -2.21. The highest BCUT2D eigenvalue weighted by Gasteiger charge is 2.12. The lowest BCUT2D eigenvalue weighted by Crippen LogP contribution is -2.35. The predicted molar refractivity (Wildman–Crippen MR) is 86.5 cm³/mol. The molecule has 1 aromatic heterocycles. The van der Waals surface area contributed by atoms with E-state index in [9.17, 15) is 0 Å². The zero-order valence-electron chi connectivity index (χ0n) is 12.7. The first kappa shape index (κ1) is 15.5. The molecule has 1 N–H and O–H groups in total. The van der Waals surface area contributed by atoms with Gasteiger partial charge in [-0.3, -0.25) is 0 Å². The minimum atomic E-state index is 0.116. The van der Waals surface area contributed by atoms with Crippen LogP contribution in [0.15, 0.2) is 27.4 Å². The number of nitrogens with zero attached hydrogens (tertiary/aromatic N) is 2. The van der Waals surface area contributed by atoms with E-state index >= 15 is 0 Å². The highest BCUT2D eigenvalue weighted by Crippen LogP contribution is 2.32. The van der Waals surface area contributed by atoms with Crippen LogP contribution in [-0.2, 0) is 6.54 Å². The van der Waals surface area contributed by atoms with Gasteiger partial charge in [0.2, 0.25) is 0 Å². The van der Waals surface area contributed by atoms with Gasteiger partial charge < -0.3 is 5.32 Å². The summed E-state index contributed by atoms with van der Waals surface area (Å²) < 4.78 is 5.24. The second-order valence-electron chi connectivity index (χ2n) is 5.92. The van der Waals surface area contributed by atoms with Crippen LogP contribution in [0.5, 0.6) is 0 Å². The molecule has 5 heteroatoms. The van der Waals surface area contributed by atoms with Crippen LogP contribution in [0.3, 0.4) is 0 Å². The molecule has 0 aliphatic carbocycles. The zero-order valence-corrected chi connectivity index (χ0v) is 14.3. The van der Waals surface area contributed by atoms with Gasteiger partial charge in [-0.15, -0.1) is 0 Å². The average molecular weight is 307 g/mol. The van der Waals surface area contributed by atoms with Gasteiger partial charge in [-0.05, 0) is 57.8 Å². The Morgan fingerprint density at radius 1 is 1.25 bits per heavy atom. The van der Waals surface area contributed by atoms with Crippen molar-refractivity contribution in [1.29, 1.82) is 0 Å². The number of rotatable bonds is 4. The number of aromatic nitrogens is 2. The summed E-state index contributed by atoms with van der Waals surface area (Å²) in [4.78, 5) is 5.68. The van der Waals surface area contributed by atoms with Gasteiger partial charge in [0.1, 0.15) is 5.82 Å². The fourth-order valence-electron chi connectivity index (χ4n) is 1.72. The molecule has 0 saturated heterocycles. The smallest absolute Gasteiger partial charge is 0.174 e. The second-order valence-corrected chi connectivity index (χ2v) is 7.97. The van der Waals surface area contributed by atoms with Crippen molar-refractivity contribution >= 4 is 23.3 Å². The monoisotopic (exact) mass is 307 g/mol. The number of hydrogen-bond acceptors (Lipinski definition) is 5. The highest BCUT2D eigenvalue weighted by molar-refractivity contribution is 8.01. The lowest BCUT2D eigenvalue weighted by atomic mass is 10.1. The van der Waals surface area contributed by atoms with Crippen molar-refractivity contribution in [2.75, 3.05) is 0 Å². The van der Waals surface area contributed by atoms with Crippen molar-refractivity contribution in [3.63, 3.8) is 0 Å². The Hall–Kier alpha value is -0.910. The topological polar surface area (TPSA) is 37.8 Å². The van der Waals surface area contributed by atoms with E-state index < -0.39 is 0 Å². The van der Waals surface area contributed by atoms with Gasteiger partial charge in [0, 0.05) is 17.0 Å². The van der Waals surface area contributed by atoms with Crippen molar-refractivity contribution in [1.82, 2.24) is 14.7 Å². The number of nitrogens with one attached hydrogen (secondary N) is 1. The summed E-state index contributed by atoms with van der Waals surface area (Å²) in [5, 5.41) is 3.55. The number of benzene rings is 1. The maximum atomic E-state index is 4.43. The molecule has 0 spiro atoms. The molecule has 0 aliphatic heterocycles. The van der Waals surface area contributed by atoms with Gasteiger partial charge in [-0.1, -0.05) is 29.5 Å². The molecule has 0 unspecified atom stereocenters. The summed E-state index contributed by atoms with van der Waals surface area (Å²) >= 11 is 3.16. The van der Waals surface area contributed by atoms with Crippen LogP contribution in [0.2, 0.25) is 0 Å². The van der Waals surface area contributed by atoms with Crippen molar-refractivity contribution in [2.24, 2.45) is 0 Å². The quantitative estimate of drug-likeness (QED) is 0.919. The third-order valence-electron chi connectivity index (χ3n) is 2.73. The molecule has 0 aliphatic rings. The van der Waals surface area contributed by atoms with E-state index in [0.717, 1.165) is 16.7 Å². The normalized spacial score (nSPS) is 11.8. The van der Waals surface area contributed by atoms with Gasteiger partial charge in [0.25, 0.3) is 0 Å². The molecule has 0 atom stereocenters. The Kier molecular flexibility index (Phi) is 4.83. The van der Waals surface area contributed by atoms with Crippen LogP contribution >= 0.6 is 23.3 Å². The first-order chi connectivity index (χ1) is 9.33. The van der Waals surface area contributed by atoms with Crippen molar-refractivity contribution in [3.8, 4) is 0 Å². The molecule has 0 fully saturated rings. The van der Waals surface area contributed by atoms with Gasteiger partial charge >= 0.3 is 0 Å². The maximum Gasteiger partial charge on any atom is 0.174 e. The molecule has 0 amide bonds. The Morgan fingerprint density at radius 2 is 2.00 bits per heavy atom. The molecule has 20 heavy (non-hydrogen) atoms. The summed E-state index contributed by atoms with van der Waals surface area (Å²) in [6.07, 6.45) is 0. The molecule has 0 saturated carbocycles. The minimum Gasteiger partial charge on any atom is -0.308 e. The van der Waals surface area contributed by atoms with E-state index in [1.807, 2.05) is 6.92 Å². The summed E-state index contributed by atoms with van der Waals surface area (Å²) in [5.74, 6) is 0.846. The maximum absolute atomic E-state index is 4.43. The van der Waals surface area contributed by atoms with Crippen LogP contribution in [0.1, 0.15) is 37.7 Å². The van der Waals surface area contributed by atoms with E-state index in [1.54, 1.807) is 11.8 Å². The van der Waals surface area contributed by atoms with Crippen LogP contribution in [0.4, 0.5) is 0 Å². The molecule has 1 heterocycles. The van der Waals surface area contributed by atoms with Gasteiger partial charge in [-0.25, -0.2) is 4.98 Å². The van der Waals surface area contributed by atoms with E-state index in [0.29, 0.717) is 0 Å². The van der Waals surface area contributed by atoms with Gasteiger partial charge in [0.05, 0.1) is 0 Å². The summed E-state index contributed by atoms with van der Waals surface area (Å²) in [6, 6.07) is 6.57. The van der Waals surface area contributed by atoms with E-state index in [2.05, 4.69) is 60.6 Å². The molecule has 2 aromatic rings. The zero-order chi connectivity index (χ0) is 14.8. The van der Waals surface area contributed by atoms with Crippen molar-refractivity contribution in [2.45, 2.75) is 55.9 Å². The SMILES string of the molecule is Cc1ccc(Sc2nc(C)ns2)c(CNC(C)(C)C)c1. The Morgan fingerprint density at radius 3 is 2.60 bits per heavy atom. The molecular formula is C15H21N3S2. The predicted octanol–water partition coefficient (Wildman–Crippen LogP) is 4.19. The third-order valence-corrected chi connectivity index (χ3v) is 4.69. The Labute approximate surface area is 129 Å². The average Bonchev–Trinajstić information content (AvgIpc) is 2.74. The van der Waals surface area contributed by atoms with E-state index in [1.165, 1.54) is 27.6 Å². The standard InChI is InChI=1S/C15H21N3S2/c1-10-6-7-13(19-14-17-11(2)18-20-14)12(8-10)9-16-15(3,4)5/h6-8,16H,9H2,1-5H3. The van der Waals surface area contributed by atoms with E-state index in [4.69, 9.17) is 0 Å². The molecule has 0 bridgehead atoms. The highest BCUT2D eigenvalue weighted by atomic mass is 32.2. The molecule has 1 aromatic carbocycles. The molecule has 2 rings (SSSR count). The Bertz CT molecular complexity index is 585. The molecule has 108 valence electrons. The second kappa shape index (κ2) is 6.24.